The minimum Gasteiger partial charge on any atom is -0.493 e. The predicted octanol–water partition coefficient (Wildman–Crippen LogP) is 3.37. The first-order valence-corrected chi connectivity index (χ1v) is 7.69. The largest absolute Gasteiger partial charge is 0.493 e. The number of hydrogen-bond donors (Lipinski definition) is 0. The molecule has 0 saturated heterocycles. The second kappa shape index (κ2) is 8.28. The fourth-order valence-corrected chi connectivity index (χ4v) is 2.39. The maximum Gasteiger partial charge on any atom is 0.204 e. The highest BCUT2D eigenvalue weighted by atomic mass is 16.5. The molecule has 1 unspecified atom stereocenters. The minimum absolute atomic E-state index is 0.200. The second-order valence-corrected chi connectivity index (χ2v) is 5.19. The third kappa shape index (κ3) is 3.96. The van der Waals surface area contributed by atoms with E-state index >= 15 is 0 Å². The van der Waals surface area contributed by atoms with Gasteiger partial charge in [-0.25, -0.2) is 0 Å². The van der Waals surface area contributed by atoms with E-state index in [1.807, 2.05) is 0 Å². The first-order valence-electron chi connectivity index (χ1n) is 7.69. The van der Waals surface area contributed by atoms with Gasteiger partial charge < -0.3 is 23.7 Å². The molecule has 0 fully saturated rings. The molecule has 1 atom stereocenters. The fraction of sp³-hybridized carbons (Fsp3) is 0.316. The Morgan fingerprint density at radius 3 is 1.88 bits per heavy atom. The lowest BCUT2D eigenvalue weighted by Gasteiger charge is -2.18. The molecule has 2 rings (SSSR count). The highest BCUT2D eigenvalue weighted by Gasteiger charge is 2.22. The zero-order valence-electron chi connectivity index (χ0n) is 15.0. The van der Waals surface area contributed by atoms with Gasteiger partial charge in [0.25, 0.3) is 0 Å². The number of Topliss-reactive ketones (excluding diaryl/α,β-unsaturated/α-hetero) is 1. The summed E-state index contributed by atoms with van der Waals surface area (Å²) < 4.78 is 26.8. The summed E-state index contributed by atoms with van der Waals surface area (Å²) in [7, 11) is 6.12. The molecule has 0 aliphatic heterocycles. The SMILES string of the molecule is COc1ccc(C(=O)C(C)Oc2c(OC)cccc2OC)cc1OC. The van der Waals surface area contributed by atoms with Crippen LogP contribution in [0.4, 0.5) is 0 Å². The summed E-state index contributed by atoms with van der Waals surface area (Å²) in [6.07, 6.45) is -0.747. The van der Waals surface area contributed by atoms with Gasteiger partial charge >= 0.3 is 0 Å². The van der Waals surface area contributed by atoms with Crippen molar-refractivity contribution in [3.63, 3.8) is 0 Å². The molecule has 0 aliphatic carbocycles. The average molecular weight is 346 g/mol. The van der Waals surface area contributed by atoms with Gasteiger partial charge in [0, 0.05) is 5.56 Å². The monoisotopic (exact) mass is 346 g/mol. The van der Waals surface area contributed by atoms with Crippen LogP contribution >= 0.6 is 0 Å². The lowest BCUT2D eigenvalue weighted by molar-refractivity contribution is 0.0809. The van der Waals surface area contributed by atoms with Crippen molar-refractivity contribution >= 4 is 5.78 Å². The van der Waals surface area contributed by atoms with Crippen molar-refractivity contribution in [1.29, 1.82) is 0 Å². The maximum atomic E-state index is 12.7. The number of para-hydroxylation sites is 1. The Morgan fingerprint density at radius 1 is 0.800 bits per heavy atom. The predicted molar refractivity (Wildman–Crippen MR) is 93.5 cm³/mol. The Kier molecular flexibility index (Phi) is 6.11. The molecule has 0 spiro atoms. The molecule has 0 radical (unpaired) electrons. The van der Waals surface area contributed by atoms with Crippen molar-refractivity contribution in [2.75, 3.05) is 28.4 Å². The van der Waals surface area contributed by atoms with Crippen LogP contribution in [0.2, 0.25) is 0 Å². The molecule has 2 aromatic carbocycles. The van der Waals surface area contributed by atoms with E-state index in [0.29, 0.717) is 34.3 Å². The Labute approximate surface area is 147 Å². The fourth-order valence-electron chi connectivity index (χ4n) is 2.39. The number of rotatable bonds is 8. The van der Waals surface area contributed by atoms with Gasteiger partial charge in [0.15, 0.2) is 29.1 Å². The molecule has 0 N–H and O–H groups in total. The quantitative estimate of drug-likeness (QED) is 0.683. The smallest absolute Gasteiger partial charge is 0.204 e. The summed E-state index contributed by atoms with van der Waals surface area (Å²) in [6, 6.07) is 10.2. The van der Waals surface area contributed by atoms with Crippen LogP contribution in [0, 0.1) is 0 Å². The van der Waals surface area contributed by atoms with E-state index in [9.17, 15) is 4.79 Å². The molecule has 0 saturated carbocycles. The topological polar surface area (TPSA) is 63.2 Å². The normalized spacial score (nSPS) is 11.4. The van der Waals surface area contributed by atoms with E-state index in [2.05, 4.69) is 0 Å². The zero-order valence-corrected chi connectivity index (χ0v) is 15.0. The first kappa shape index (κ1) is 18.4. The van der Waals surface area contributed by atoms with Gasteiger partial charge in [-0.05, 0) is 37.3 Å². The molecule has 0 aliphatic rings. The molecule has 0 amide bonds. The van der Waals surface area contributed by atoms with Gasteiger partial charge in [0.1, 0.15) is 0 Å². The van der Waals surface area contributed by atoms with Crippen LogP contribution in [-0.4, -0.2) is 40.3 Å². The Bertz CT molecular complexity index is 718. The number of carbonyl (C=O) groups excluding carboxylic acids is 1. The molecular formula is C19H22O6. The van der Waals surface area contributed by atoms with E-state index in [1.165, 1.54) is 21.3 Å². The summed E-state index contributed by atoms with van der Waals surface area (Å²) in [4.78, 5) is 12.7. The van der Waals surface area contributed by atoms with Crippen LogP contribution in [0.3, 0.4) is 0 Å². The van der Waals surface area contributed by atoms with Crippen LogP contribution in [0.1, 0.15) is 17.3 Å². The third-order valence-electron chi connectivity index (χ3n) is 3.71. The summed E-state index contributed by atoms with van der Waals surface area (Å²) in [5.74, 6) is 2.20. The summed E-state index contributed by atoms with van der Waals surface area (Å²) in [5.41, 5.74) is 0.457. The molecule has 6 heteroatoms. The van der Waals surface area contributed by atoms with Gasteiger partial charge in [-0.3, -0.25) is 4.79 Å². The number of benzene rings is 2. The highest BCUT2D eigenvalue weighted by Crippen LogP contribution is 2.38. The van der Waals surface area contributed by atoms with E-state index < -0.39 is 6.10 Å². The van der Waals surface area contributed by atoms with Crippen LogP contribution in [0.25, 0.3) is 0 Å². The average Bonchev–Trinajstić information content (AvgIpc) is 2.66. The molecule has 0 bridgehead atoms. The van der Waals surface area contributed by atoms with Crippen LogP contribution in [-0.2, 0) is 0 Å². The summed E-state index contributed by atoms with van der Waals surface area (Å²) in [6.45, 7) is 1.67. The molecule has 6 nitrogen and oxygen atoms in total. The molecule has 25 heavy (non-hydrogen) atoms. The van der Waals surface area contributed by atoms with Crippen molar-refractivity contribution in [2.45, 2.75) is 13.0 Å². The first-order chi connectivity index (χ1) is 12.0. The lowest BCUT2D eigenvalue weighted by atomic mass is 10.1. The maximum absolute atomic E-state index is 12.7. The number of ether oxygens (including phenoxy) is 5. The number of methoxy groups -OCH3 is 4. The number of carbonyl (C=O) groups is 1. The molecule has 0 heterocycles. The van der Waals surface area contributed by atoms with Crippen LogP contribution in [0.15, 0.2) is 36.4 Å². The third-order valence-corrected chi connectivity index (χ3v) is 3.71. The lowest BCUT2D eigenvalue weighted by Crippen LogP contribution is -2.24. The number of ketones is 1. The molecule has 0 aromatic heterocycles. The standard InChI is InChI=1S/C19H22O6/c1-12(25-19-15(22-3)7-6-8-16(19)23-4)18(20)13-9-10-14(21-2)17(11-13)24-5/h6-12H,1-5H3. The van der Waals surface area contributed by atoms with E-state index in [0.717, 1.165) is 0 Å². The Hall–Kier alpha value is -2.89. The highest BCUT2D eigenvalue weighted by molar-refractivity contribution is 6.00. The molecular weight excluding hydrogens is 324 g/mol. The Balaban J connectivity index is 2.27. The Morgan fingerprint density at radius 2 is 1.36 bits per heavy atom. The summed E-state index contributed by atoms with van der Waals surface area (Å²) >= 11 is 0. The summed E-state index contributed by atoms with van der Waals surface area (Å²) in [5, 5.41) is 0. The second-order valence-electron chi connectivity index (χ2n) is 5.19. The zero-order chi connectivity index (χ0) is 18.4. The van der Waals surface area contributed by atoms with E-state index in [4.69, 9.17) is 23.7 Å². The van der Waals surface area contributed by atoms with Gasteiger partial charge in [0.2, 0.25) is 11.5 Å². The van der Waals surface area contributed by atoms with Gasteiger partial charge in [-0.15, -0.1) is 0 Å². The van der Waals surface area contributed by atoms with Crippen LogP contribution in [0.5, 0.6) is 28.7 Å². The van der Waals surface area contributed by atoms with E-state index in [-0.39, 0.29) is 5.78 Å². The van der Waals surface area contributed by atoms with Crippen molar-refractivity contribution in [1.82, 2.24) is 0 Å². The van der Waals surface area contributed by atoms with Crippen LogP contribution < -0.4 is 23.7 Å². The van der Waals surface area contributed by atoms with Gasteiger partial charge in [-0.1, -0.05) is 6.07 Å². The van der Waals surface area contributed by atoms with Gasteiger partial charge in [-0.2, -0.15) is 0 Å². The number of hydrogen-bond acceptors (Lipinski definition) is 6. The van der Waals surface area contributed by atoms with Crippen molar-refractivity contribution in [2.24, 2.45) is 0 Å². The minimum atomic E-state index is -0.747. The van der Waals surface area contributed by atoms with Crippen molar-refractivity contribution in [3.05, 3.63) is 42.0 Å². The molecule has 134 valence electrons. The van der Waals surface area contributed by atoms with Crippen molar-refractivity contribution in [3.8, 4) is 28.7 Å². The van der Waals surface area contributed by atoms with Crippen molar-refractivity contribution < 1.29 is 28.5 Å². The molecule has 2 aromatic rings. The van der Waals surface area contributed by atoms with E-state index in [1.54, 1.807) is 50.4 Å². The van der Waals surface area contributed by atoms with Gasteiger partial charge in [0.05, 0.1) is 28.4 Å².